The molecule has 0 bridgehead atoms. The summed E-state index contributed by atoms with van der Waals surface area (Å²) in [6, 6.07) is 13.6. The van der Waals surface area contributed by atoms with Crippen molar-refractivity contribution in [3.63, 3.8) is 0 Å². The van der Waals surface area contributed by atoms with Gasteiger partial charge in [-0.25, -0.2) is 4.98 Å². The standard InChI is InChI=1S/C18H20N4O2/c1-19-18-20-16-10-9-14(24-4)11-15(16)17(21-18)22(2)12-5-7-13(23-3)8-6-12/h5-11H,1-4H3,(H,19,20,21). The first-order valence-electron chi connectivity index (χ1n) is 7.57. The lowest BCUT2D eigenvalue weighted by atomic mass is 10.2. The van der Waals surface area contributed by atoms with Crippen LogP contribution in [0.5, 0.6) is 11.5 Å². The van der Waals surface area contributed by atoms with Crippen molar-refractivity contribution in [1.29, 1.82) is 0 Å². The summed E-state index contributed by atoms with van der Waals surface area (Å²) in [5.74, 6) is 2.96. The molecule has 2 aromatic carbocycles. The second-order valence-electron chi connectivity index (χ2n) is 5.26. The number of hydrogen-bond donors (Lipinski definition) is 1. The van der Waals surface area contributed by atoms with Gasteiger partial charge in [-0.1, -0.05) is 0 Å². The molecule has 6 heteroatoms. The number of benzene rings is 2. The fraction of sp³-hybridized carbons (Fsp3) is 0.222. The number of ether oxygens (including phenoxy) is 2. The van der Waals surface area contributed by atoms with Crippen LogP contribution in [0, 0.1) is 0 Å². The van der Waals surface area contributed by atoms with Gasteiger partial charge in [-0.05, 0) is 42.5 Å². The molecule has 0 aliphatic rings. The maximum absolute atomic E-state index is 5.34. The van der Waals surface area contributed by atoms with Gasteiger partial charge in [-0.15, -0.1) is 0 Å². The third-order valence-electron chi connectivity index (χ3n) is 3.88. The van der Waals surface area contributed by atoms with Crippen LogP contribution in [0.2, 0.25) is 0 Å². The van der Waals surface area contributed by atoms with E-state index in [0.717, 1.165) is 33.9 Å². The number of fused-ring (bicyclic) bond motifs is 1. The van der Waals surface area contributed by atoms with Crippen LogP contribution in [0.1, 0.15) is 0 Å². The minimum Gasteiger partial charge on any atom is -0.497 e. The molecule has 0 radical (unpaired) electrons. The van der Waals surface area contributed by atoms with E-state index in [9.17, 15) is 0 Å². The maximum atomic E-state index is 5.34. The Morgan fingerprint density at radius 1 is 0.917 bits per heavy atom. The molecule has 0 aliphatic heterocycles. The van der Waals surface area contributed by atoms with Crippen LogP contribution in [0.25, 0.3) is 10.9 Å². The first-order valence-corrected chi connectivity index (χ1v) is 7.57. The van der Waals surface area contributed by atoms with Crippen molar-refractivity contribution in [2.45, 2.75) is 0 Å². The molecule has 3 aromatic rings. The third-order valence-corrected chi connectivity index (χ3v) is 3.88. The molecule has 0 amide bonds. The van der Waals surface area contributed by atoms with Crippen molar-refractivity contribution in [3.05, 3.63) is 42.5 Å². The molecule has 0 saturated carbocycles. The summed E-state index contributed by atoms with van der Waals surface area (Å²) in [6.07, 6.45) is 0. The van der Waals surface area contributed by atoms with E-state index in [4.69, 9.17) is 9.47 Å². The fourth-order valence-corrected chi connectivity index (χ4v) is 2.51. The lowest BCUT2D eigenvalue weighted by Crippen LogP contribution is -2.13. The number of hydrogen-bond acceptors (Lipinski definition) is 6. The minimum atomic E-state index is 0.572. The van der Waals surface area contributed by atoms with Crippen molar-refractivity contribution >= 4 is 28.4 Å². The monoisotopic (exact) mass is 324 g/mol. The number of methoxy groups -OCH3 is 2. The summed E-state index contributed by atoms with van der Waals surface area (Å²) < 4.78 is 10.6. The Kier molecular flexibility index (Phi) is 4.37. The second kappa shape index (κ2) is 6.62. The van der Waals surface area contributed by atoms with E-state index in [1.54, 1.807) is 14.2 Å². The first-order chi connectivity index (χ1) is 11.7. The molecule has 124 valence electrons. The van der Waals surface area contributed by atoms with Crippen LogP contribution in [0.4, 0.5) is 17.5 Å². The Bertz CT molecular complexity index is 850. The lowest BCUT2D eigenvalue weighted by molar-refractivity contribution is 0.415. The highest BCUT2D eigenvalue weighted by Crippen LogP contribution is 2.32. The van der Waals surface area contributed by atoms with Crippen LogP contribution in [0.15, 0.2) is 42.5 Å². The van der Waals surface area contributed by atoms with Crippen molar-refractivity contribution in [2.24, 2.45) is 0 Å². The zero-order valence-corrected chi connectivity index (χ0v) is 14.2. The average Bonchev–Trinajstić information content (AvgIpc) is 2.66. The van der Waals surface area contributed by atoms with Gasteiger partial charge in [0.05, 0.1) is 19.7 Å². The molecule has 3 rings (SSSR count). The summed E-state index contributed by atoms with van der Waals surface area (Å²) in [6.45, 7) is 0. The van der Waals surface area contributed by atoms with Crippen LogP contribution in [-0.4, -0.2) is 38.3 Å². The van der Waals surface area contributed by atoms with Gasteiger partial charge in [0, 0.05) is 25.2 Å². The molecule has 1 aromatic heterocycles. The van der Waals surface area contributed by atoms with Crippen molar-refractivity contribution < 1.29 is 9.47 Å². The molecule has 0 spiro atoms. The molecule has 1 N–H and O–H groups in total. The van der Waals surface area contributed by atoms with Gasteiger partial charge >= 0.3 is 0 Å². The van der Waals surface area contributed by atoms with Crippen molar-refractivity contribution in [1.82, 2.24) is 9.97 Å². The molecule has 0 unspecified atom stereocenters. The van der Waals surface area contributed by atoms with E-state index < -0.39 is 0 Å². The fourth-order valence-electron chi connectivity index (χ4n) is 2.51. The van der Waals surface area contributed by atoms with E-state index in [1.165, 1.54) is 0 Å². The van der Waals surface area contributed by atoms with Gasteiger partial charge in [0.25, 0.3) is 0 Å². The topological polar surface area (TPSA) is 59.5 Å². The van der Waals surface area contributed by atoms with Crippen molar-refractivity contribution in [2.75, 3.05) is 38.5 Å². The highest BCUT2D eigenvalue weighted by Gasteiger charge is 2.14. The van der Waals surface area contributed by atoms with E-state index in [0.29, 0.717) is 5.95 Å². The van der Waals surface area contributed by atoms with E-state index >= 15 is 0 Å². The van der Waals surface area contributed by atoms with Crippen LogP contribution in [0.3, 0.4) is 0 Å². The van der Waals surface area contributed by atoms with E-state index in [2.05, 4.69) is 15.3 Å². The molecule has 0 fully saturated rings. The quantitative estimate of drug-likeness (QED) is 0.775. The molecule has 0 saturated heterocycles. The molecule has 0 atom stereocenters. The summed E-state index contributed by atoms with van der Waals surface area (Å²) in [5, 5.41) is 3.94. The molecular weight excluding hydrogens is 304 g/mol. The number of anilines is 3. The summed E-state index contributed by atoms with van der Waals surface area (Å²) >= 11 is 0. The molecule has 24 heavy (non-hydrogen) atoms. The third kappa shape index (κ3) is 2.90. The zero-order valence-electron chi connectivity index (χ0n) is 14.2. The van der Waals surface area contributed by atoms with Gasteiger partial charge < -0.3 is 19.7 Å². The SMILES string of the molecule is CNc1nc(N(C)c2ccc(OC)cc2)c2cc(OC)ccc2n1. The van der Waals surface area contributed by atoms with Gasteiger partial charge in [0.1, 0.15) is 17.3 Å². The van der Waals surface area contributed by atoms with Gasteiger partial charge in [-0.3, -0.25) is 0 Å². The minimum absolute atomic E-state index is 0.572. The predicted molar refractivity (Wildman–Crippen MR) is 96.7 cm³/mol. The zero-order chi connectivity index (χ0) is 17.1. The largest absolute Gasteiger partial charge is 0.497 e. The van der Waals surface area contributed by atoms with Gasteiger partial charge in [-0.2, -0.15) is 4.98 Å². The predicted octanol–water partition coefficient (Wildman–Crippen LogP) is 3.46. The lowest BCUT2D eigenvalue weighted by Gasteiger charge is -2.21. The Morgan fingerprint density at radius 2 is 1.58 bits per heavy atom. The summed E-state index contributed by atoms with van der Waals surface area (Å²) in [5.41, 5.74) is 1.85. The number of rotatable bonds is 5. The molecule has 0 aliphatic carbocycles. The first kappa shape index (κ1) is 15.9. The smallest absolute Gasteiger partial charge is 0.224 e. The van der Waals surface area contributed by atoms with E-state index in [1.807, 2.05) is 61.5 Å². The number of aromatic nitrogens is 2. The van der Waals surface area contributed by atoms with Gasteiger partial charge in [0.2, 0.25) is 5.95 Å². The highest BCUT2D eigenvalue weighted by molar-refractivity contribution is 5.93. The molecule has 1 heterocycles. The number of nitrogens with zero attached hydrogens (tertiary/aromatic N) is 3. The van der Waals surface area contributed by atoms with Gasteiger partial charge in [0.15, 0.2) is 0 Å². The average molecular weight is 324 g/mol. The maximum Gasteiger partial charge on any atom is 0.224 e. The van der Waals surface area contributed by atoms with Crippen LogP contribution in [-0.2, 0) is 0 Å². The van der Waals surface area contributed by atoms with Crippen LogP contribution >= 0.6 is 0 Å². The van der Waals surface area contributed by atoms with Crippen LogP contribution < -0.4 is 19.7 Å². The number of nitrogens with one attached hydrogen (secondary N) is 1. The Balaban J connectivity index is 2.14. The Labute approximate surface area is 141 Å². The Morgan fingerprint density at radius 3 is 2.21 bits per heavy atom. The molecular formula is C18H20N4O2. The normalized spacial score (nSPS) is 10.5. The summed E-state index contributed by atoms with van der Waals surface area (Å²) in [7, 11) is 7.09. The molecule has 6 nitrogen and oxygen atoms in total. The Hall–Kier alpha value is -3.02. The summed E-state index contributed by atoms with van der Waals surface area (Å²) in [4.78, 5) is 11.2. The highest BCUT2D eigenvalue weighted by atomic mass is 16.5. The van der Waals surface area contributed by atoms with E-state index in [-0.39, 0.29) is 0 Å². The second-order valence-corrected chi connectivity index (χ2v) is 5.26. The van der Waals surface area contributed by atoms with Crippen molar-refractivity contribution in [3.8, 4) is 11.5 Å².